The first kappa shape index (κ1) is 34.8. The van der Waals surface area contributed by atoms with E-state index in [1.165, 1.54) is 0 Å². The first-order valence-electron chi connectivity index (χ1n) is 16.6. The minimum atomic E-state index is -5.12. The van der Waals surface area contributed by atoms with E-state index in [1.54, 1.807) is 4.90 Å². The molecule has 2 aromatic carbocycles. The first-order chi connectivity index (χ1) is 24.7. The van der Waals surface area contributed by atoms with Crippen LogP contribution in [0.15, 0.2) is 18.2 Å². The molecule has 8 rings (SSSR count). The second-order valence-electron chi connectivity index (χ2n) is 13.8. The van der Waals surface area contributed by atoms with Gasteiger partial charge in [-0.25, -0.2) is 31.7 Å². The molecular weight excluding hydrogens is 726 g/mol. The third kappa shape index (κ3) is 5.88. The summed E-state index contributed by atoms with van der Waals surface area (Å²) in [6, 6.07) is 2.28. The van der Waals surface area contributed by atoms with Gasteiger partial charge in [-0.1, -0.05) is 11.3 Å². The molecule has 6 heterocycles. The molecule has 1 amide bonds. The van der Waals surface area contributed by atoms with Crippen molar-refractivity contribution in [2.24, 2.45) is 0 Å². The van der Waals surface area contributed by atoms with Crippen LogP contribution in [-0.2, 0) is 10.9 Å². The van der Waals surface area contributed by atoms with Crippen LogP contribution in [-0.4, -0.2) is 100 Å². The maximum atomic E-state index is 16.9. The molecule has 2 N–H and O–H groups in total. The van der Waals surface area contributed by atoms with Crippen molar-refractivity contribution in [3.05, 3.63) is 35.4 Å². The number of amides is 1. The fourth-order valence-electron chi connectivity index (χ4n) is 8.21. The molecule has 1 spiro atoms. The van der Waals surface area contributed by atoms with Crippen molar-refractivity contribution >= 4 is 49.5 Å². The number of halogens is 8. The SMILES string of the molecule is Nc1nc2c(-c3c(C(F)(F)F)cc4c(N5CCC6(CC5)CN(CC(F)F)C(=O)O6)nc(OC[C@@]56CCCN5C[C@H](F)C6)nc4c3F)ccc(F)c2s1. The molecule has 278 valence electrons. The molecule has 4 fully saturated rings. The lowest BCUT2D eigenvalue weighted by atomic mass is 9.91. The molecule has 4 aliphatic rings. The Morgan fingerprint density at radius 2 is 1.85 bits per heavy atom. The molecule has 52 heavy (non-hydrogen) atoms. The third-order valence-electron chi connectivity index (χ3n) is 10.6. The van der Waals surface area contributed by atoms with Crippen LogP contribution in [0.5, 0.6) is 6.01 Å². The van der Waals surface area contributed by atoms with E-state index in [1.807, 2.05) is 4.90 Å². The lowest BCUT2D eigenvalue weighted by Gasteiger charge is -2.38. The summed E-state index contributed by atoms with van der Waals surface area (Å²) in [4.78, 5) is 29.6. The molecule has 0 bridgehead atoms. The van der Waals surface area contributed by atoms with E-state index in [9.17, 15) is 35.5 Å². The smallest absolute Gasteiger partial charge is 0.417 e. The van der Waals surface area contributed by atoms with Gasteiger partial charge in [-0.05, 0) is 37.6 Å². The van der Waals surface area contributed by atoms with Crippen molar-refractivity contribution in [3.8, 4) is 17.1 Å². The lowest BCUT2D eigenvalue weighted by molar-refractivity contribution is -0.137. The van der Waals surface area contributed by atoms with Crippen LogP contribution in [0.3, 0.4) is 0 Å². The summed E-state index contributed by atoms with van der Waals surface area (Å²) in [5.74, 6) is -2.28. The van der Waals surface area contributed by atoms with Crippen LogP contribution >= 0.6 is 11.3 Å². The summed E-state index contributed by atoms with van der Waals surface area (Å²) in [7, 11) is 0. The molecular formula is C33H31F8N7O3S. The zero-order valence-corrected chi connectivity index (χ0v) is 28.1. The number of nitrogens with two attached hydrogens (primary N) is 1. The zero-order chi connectivity index (χ0) is 36.7. The molecule has 2 atom stereocenters. The van der Waals surface area contributed by atoms with Crippen LogP contribution in [0.4, 0.5) is 50.9 Å². The van der Waals surface area contributed by atoms with Crippen molar-refractivity contribution in [3.63, 3.8) is 0 Å². The maximum absolute atomic E-state index is 16.9. The Morgan fingerprint density at radius 1 is 1.08 bits per heavy atom. The van der Waals surface area contributed by atoms with Crippen molar-refractivity contribution in [2.75, 3.05) is 56.5 Å². The number of thiazole rings is 1. The van der Waals surface area contributed by atoms with E-state index in [-0.39, 0.29) is 90.2 Å². The highest BCUT2D eigenvalue weighted by Crippen LogP contribution is 2.47. The van der Waals surface area contributed by atoms with Crippen LogP contribution in [0, 0.1) is 11.6 Å². The number of hydrogen-bond acceptors (Lipinski definition) is 10. The van der Waals surface area contributed by atoms with Gasteiger partial charge in [0.2, 0.25) is 0 Å². The Kier molecular flexibility index (Phi) is 8.31. The first-order valence-corrected chi connectivity index (χ1v) is 17.5. The Labute approximate surface area is 294 Å². The average molecular weight is 758 g/mol. The van der Waals surface area contributed by atoms with Gasteiger partial charge in [0.05, 0.1) is 34.4 Å². The highest BCUT2D eigenvalue weighted by molar-refractivity contribution is 7.22. The Morgan fingerprint density at radius 3 is 2.58 bits per heavy atom. The highest BCUT2D eigenvalue weighted by Gasteiger charge is 2.50. The minimum absolute atomic E-state index is 0.0456. The number of hydrogen-bond donors (Lipinski definition) is 1. The number of aromatic nitrogens is 3. The number of ether oxygens (including phenoxy) is 2. The van der Waals surface area contributed by atoms with Crippen molar-refractivity contribution in [1.29, 1.82) is 0 Å². The molecule has 4 saturated heterocycles. The number of piperidine rings is 1. The van der Waals surface area contributed by atoms with Gasteiger partial charge < -0.3 is 20.1 Å². The Hall–Kier alpha value is -4.26. The molecule has 2 aromatic heterocycles. The van der Waals surface area contributed by atoms with Crippen molar-refractivity contribution in [2.45, 2.75) is 62.0 Å². The summed E-state index contributed by atoms with van der Waals surface area (Å²) in [6.07, 6.45) is -7.99. The van der Waals surface area contributed by atoms with Gasteiger partial charge in [0, 0.05) is 55.4 Å². The third-order valence-corrected chi connectivity index (χ3v) is 11.5. The number of anilines is 2. The van der Waals surface area contributed by atoms with Gasteiger partial charge in [-0.15, -0.1) is 0 Å². The standard InChI is InChI=1S/C33H31F8N7O3S/c34-16-11-31(4-1-7-48(31)12-16)15-50-29-44-24-18(27(45-29)46-8-5-32(6-9-46)14-47(13-21(36)37)30(49)51-32)10-19(33(39,40)41)22(23(24)38)17-2-3-20(35)26-25(17)43-28(42)52-26/h2-3,10,16,21H,1,4-9,11-15H2,(H2,42,43)/t16-,31+/m1/s1. The maximum Gasteiger partial charge on any atom is 0.417 e. The Bertz CT molecular complexity index is 2080. The average Bonchev–Trinajstić information content (AvgIpc) is 3.81. The predicted octanol–water partition coefficient (Wildman–Crippen LogP) is 6.80. The highest BCUT2D eigenvalue weighted by atomic mass is 32.1. The van der Waals surface area contributed by atoms with E-state index < -0.39 is 70.8 Å². The molecule has 10 nitrogen and oxygen atoms in total. The molecule has 0 aliphatic carbocycles. The number of nitrogen functional groups attached to an aromatic ring is 1. The molecule has 4 aromatic rings. The van der Waals surface area contributed by atoms with E-state index in [2.05, 4.69) is 15.0 Å². The quantitative estimate of drug-likeness (QED) is 0.204. The van der Waals surface area contributed by atoms with E-state index >= 15 is 4.39 Å². The fourth-order valence-corrected chi connectivity index (χ4v) is 8.98. The summed E-state index contributed by atoms with van der Waals surface area (Å²) in [6.45, 7) is 0.0263. The number of alkyl halides is 6. The normalized spacial score (nSPS) is 23.5. The second-order valence-corrected chi connectivity index (χ2v) is 14.9. The summed E-state index contributed by atoms with van der Waals surface area (Å²) in [5, 5.41) is -0.437. The van der Waals surface area contributed by atoms with Crippen LogP contribution in [0.25, 0.3) is 32.2 Å². The van der Waals surface area contributed by atoms with Gasteiger partial charge in [-0.3, -0.25) is 9.80 Å². The number of carbonyl (C=O) groups excluding carboxylic acids is 1. The number of rotatable bonds is 7. The van der Waals surface area contributed by atoms with Gasteiger partial charge >= 0.3 is 18.3 Å². The van der Waals surface area contributed by atoms with E-state index in [4.69, 9.17) is 15.2 Å². The van der Waals surface area contributed by atoms with E-state index in [0.717, 1.165) is 29.5 Å². The lowest BCUT2D eigenvalue weighted by Crippen LogP contribution is -2.47. The number of benzene rings is 2. The van der Waals surface area contributed by atoms with Crippen LogP contribution in [0.1, 0.15) is 37.7 Å². The van der Waals surface area contributed by atoms with Crippen molar-refractivity contribution in [1.82, 2.24) is 24.8 Å². The van der Waals surface area contributed by atoms with Gasteiger partial charge in [-0.2, -0.15) is 23.1 Å². The predicted molar refractivity (Wildman–Crippen MR) is 174 cm³/mol. The summed E-state index contributed by atoms with van der Waals surface area (Å²) in [5.41, 5.74) is 0.580. The number of nitrogens with zero attached hydrogens (tertiary/aromatic N) is 6. The monoisotopic (exact) mass is 757 g/mol. The summed E-state index contributed by atoms with van der Waals surface area (Å²) < 4.78 is 128. The van der Waals surface area contributed by atoms with Gasteiger partial charge in [0.1, 0.15) is 35.5 Å². The topological polar surface area (TPSA) is 110 Å². The minimum Gasteiger partial charge on any atom is -0.461 e. The van der Waals surface area contributed by atoms with Crippen LogP contribution < -0.4 is 15.4 Å². The second kappa shape index (κ2) is 12.4. The molecule has 4 aliphatic heterocycles. The summed E-state index contributed by atoms with van der Waals surface area (Å²) >= 11 is 0.704. The number of fused-ring (bicyclic) bond motifs is 3. The fraction of sp³-hybridized carbons (Fsp3) is 0.515. The van der Waals surface area contributed by atoms with Gasteiger partial charge in [0.25, 0.3) is 6.43 Å². The van der Waals surface area contributed by atoms with Gasteiger partial charge in [0.15, 0.2) is 10.9 Å². The Balaban J connectivity index is 1.24. The largest absolute Gasteiger partial charge is 0.461 e. The van der Waals surface area contributed by atoms with E-state index in [0.29, 0.717) is 24.3 Å². The molecule has 0 radical (unpaired) electrons. The molecule has 0 unspecified atom stereocenters. The zero-order valence-electron chi connectivity index (χ0n) is 27.3. The molecule has 0 saturated carbocycles. The molecule has 19 heteroatoms. The van der Waals surface area contributed by atoms with Crippen molar-refractivity contribution < 1.29 is 49.4 Å². The van der Waals surface area contributed by atoms with Crippen LogP contribution in [0.2, 0.25) is 0 Å². The number of carbonyl (C=O) groups is 1.